The molecule has 0 saturated heterocycles. The molecule has 0 amide bonds. The summed E-state index contributed by atoms with van der Waals surface area (Å²) in [7, 11) is 0. The van der Waals surface area contributed by atoms with E-state index < -0.39 is 5.60 Å². The first-order valence-electron chi connectivity index (χ1n) is 11.3. The minimum absolute atomic E-state index is 0.107. The highest BCUT2D eigenvalue weighted by atomic mass is 16.7. The Morgan fingerprint density at radius 3 is 1.88 bits per heavy atom. The molecule has 1 aliphatic heterocycles. The molecule has 2 aromatic carbocycles. The van der Waals surface area contributed by atoms with Gasteiger partial charge in [0.05, 0.1) is 11.6 Å². The summed E-state index contributed by atoms with van der Waals surface area (Å²) in [6.45, 7) is 14.6. The van der Waals surface area contributed by atoms with E-state index in [0.29, 0.717) is 0 Å². The van der Waals surface area contributed by atoms with Crippen LogP contribution < -0.4 is 0 Å². The Labute approximate surface area is 191 Å². The van der Waals surface area contributed by atoms with Crippen molar-refractivity contribution in [2.45, 2.75) is 60.0 Å². The monoisotopic (exact) mass is 427 g/mol. The van der Waals surface area contributed by atoms with Crippen LogP contribution in [0.15, 0.2) is 83.1 Å². The van der Waals surface area contributed by atoms with Crippen LogP contribution in [0, 0.1) is 17.8 Å². The quantitative estimate of drug-likeness (QED) is 0.530. The number of nitrogens with zero attached hydrogens (tertiary/aromatic N) is 1. The third-order valence-corrected chi connectivity index (χ3v) is 6.43. The summed E-state index contributed by atoms with van der Waals surface area (Å²) < 4.78 is 0. The summed E-state index contributed by atoms with van der Waals surface area (Å²) in [5, 5.41) is 4.68. The van der Waals surface area contributed by atoms with Gasteiger partial charge < -0.3 is 4.84 Å². The van der Waals surface area contributed by atoms with Crippen LogP contribution in [-0.2, 0) is 9.63 Å². The lowest BCUT2D eigenvalue weighted by Gasteiger charge is -2.38. The van der Waals surface area contributed by atoms with Gasteiger partial charge in [0.2, 0.25) is 0 Å². The second kappa shape index (κ2) is 7.58. The van der Waals surface area contributed by atoms with Gasteiger partial charge in [0.15, 0.2) is 11.4 Å². The zero-order chi connectivity index (χ0) is 23.3. The molecule has 0 saturated carbocycles. The van der Waals surface area contributed by atoms with Gasteiger partial charge in [0.1, 0.15) is 0 Å². The van der Waals surface area contributed by atoms with E-state index >= 15 is 0 Å². The zero-order valence-electron chi connectivity index (χ0n) is 20.2. The second-order valence-corrected chi connectivity index (χ2v) is 11.0. The molecule has 1 atom stereocenters. The summed E-state index contributed by atoms with van der Waals surface area (Å²) >= 11 is 0. The number of oxime groups is 1. The van der Waals surface area contributed by atoms with Gasteiger partial charge in [-0.25, -0.2) is 0 Å². The molecule has 166 valence electrons. The fourth-order valence-electron chi connectivity index (χ4n) is 4.68. The lowest BCUT2D eigenvalue weighted by Crippen LogP contribution is -2.41. The molecule has 2 aromatic rings. The Morgan fingerprint density at radius 2 is 1.34 bits per heavy atom. The van der Waals surface area contributed by atoms with Gasteiger partial charge >= 0.3 is 0 Å². The molecule has 0 fully saturated rings. The Balaban J connectivity index is 1.99. The van der Waals surface area contributed by atoms with Crippen LogP contribution in [0.4, 0.5) is 0 Å². The molecule has 1 spiro atoms. The van der Waals surface area contributed by atoms with Gasteiger partial charge in [-0.1, -0.05) is 101 Å². The fourth-order valence-corrected chi connectivity index (χ4v) is 4.68. The predicted octanol–water partition coefficient (Wildman–Crippen LogP) is 6.78. The van der Waals surface area contributed by atoms with Crippen LogP contribution in [0.2, 0.25) is 0 Å². The van der Waals surface area contributed by atoms with Gasteiger partial charge in [-0.05, 0) is 41.0 Å². The van der Waals surface area contributed by atoms with Crippen LogP contribution in [0.25, 0.3) is 0 Å². The summed E-state index contributed by atoms with van der Waals surface area (Å²) in [5.41, 5.74) is 4.34. The van der Waals surface area contributed by atoms with Crippen LogP contribution in [0.1, 0.15) is 64.2 Å². The molecule has 1 aliphatic carbocycles. The number of carbonyl (C=O) groups is 1. The first-order chi connectivity index (χ1) is 14.9. The van der Waals surface area contributed by atoms with E-state index in [2.05, 4.69) is 77.9 Å². The normalized spacial score (nSPS) is 20.5. The number of ketones is 1. The van der Waals surface area contributed by atoms with Crippen molar-refractivity contribution in [3.05, 3.63) is 94.6 Å². The highest BCUT2D eigenvalue weighted by molar-refractivity contribution is 6.13. The van der Waals surface area contributed by atoms with Crippen LogP contribution >= 0.6 is 0 Å². The van der Waals surface area contributed by atoms with Crippen molar-refractivity contribution in [2.75, 3.05) is 0 Å². The van der Waals surface area contributed by atoms with Gasteiger partial charge in [-0.15, -0.1) is 0 Å². The lowest BCUT2D eigenvalue weighted by molar-refractivity contribution is -0.114. The van der Waals surface area contributed by atoms with E-state index in [1.54, 1.807) is 0 Å². The van der Waals surface area contributed by atoms with Gasteiger partial charge in [0, 0.05) is 16.7 Å². The number of benzene rings is 2. The molecule has 1 unspecified atom stereocenters. The summed E-state index contributed by atoms with van der Waals surface area (Å²) in [6.07, 6.45) is 4.08. The minimum Gasteiger partial charge on any atom is -0.379 e. The van der Waals surface area contributed by atoms with Gasteiger partial charge in [-0.3, -0.25) is 4.79 Å². The third-order valence-electron chi connectivity index (χ3n) is 6.43. The van der Waals surface area contributed by atoms with Gasteiger partial charge in [0.25, 0.3) is 0 Å². The number of carbonyl (C=O) groups excluding carboxylic acids is 1. The molecule has 0 aromatic heterocycles. The Kier molecular flexibility index (Phi) is 5.27. The molecule has 0 bridgehead atoms. The molecular weight excluding hydrogens is 394 g/mol. The molecule has 3 nitrogen and oxygen atoms in total. The van der Waals surface area contributed by atoms with E-state index in [4.69, 9.17) is 4.84 Å². The summed E-state index contributed by atoms with van der Waals surface area (Å²) in [4.78, 5) is 19.9. The number of hydrogen-bond donors (Lipinski definition) is 0. The average Bonchev–Trinajstić information content (AvgIpc) is 3.07. The summed E-state index contributed by atoms with van der Waals surface area (Å²) in [5.74, 6) is -0.0528. The number of allylic oxidation sites excluding steroid dienone is 2. The molecular formula is C29H33NO2. The SMILES string of the molecule is Cc1ccccc1C1=NOC2(C=C(C(C)(C)C)C(=O)C(C(C)(C)C)=C2)C1c1ccccc1. The molecule has 0 N–H and O–H groups in total. The molecule has 3 heteroatoms. The first-order valence-corrected chi connectivity index (χ1v) is 11.3. The highest BCUT2D eigenvalue weighted by Crippen LogP contribution is 2.50. The maximum Gasteiger partial charge on any atom is 0.187 e. The van der Waals surface area contributed by atoms with Crippen molar-refractivity contribution in [3.63, 3.8) is 0 Å². The van der Waals surface area contributed by atoms with Crippen molar-refractivity contribution < 1.29 is 9.63 Å². The molecule has 32 heavy (non-hydrogen) atoms. The molecule has 1 heterocycles. The van der Waals surface area contributed by atoms with Crippen LogP contribution in [-0.4, -0.2) is 17.1 Å². The molecule has 0 radical (unpaired) electrons. The maximum atomic E-state index is 13.6. The fraction of sp³-hybridized carbons (Fsp3) is 0.379. The van der Waals surface area contributed by atoms with E-state index in [-0.39, 0.29) is 22.5 Å². The molecule has 2 aliphatic rings. The van der Waals surface area contributed by atoms with Crippen molar-refractivity contribution >= 4 is 11.5 Å². The van der Waals surface area contributed by atoms with Gasteiger partial charge in [-0.2, -0.15) is 0 Å². The predicted molar refractivity (Wildman–Crippen MR) is 131 cm³/mol. The van der Waals surface area contributed by atoms with Crippen molar-refractivity contribution in [1.29, 1.82) is 0 Å². The standard InChI is InChI=1S/C29H33NO2/c1-19-13-11-12-16-21(19)25-24(20-14-9-8-10-15-20)29(32-30-25)17-22(27(2,3)4)26(31)23(18-29)28(5,6)7/h8-18,24H,1-7H3. The van der Waals surface area contributed by atoms with Crippen LogP contribution in [0.3, 0.4) is 0 Å². The Bertz CT molecular complexity index is 1100. The molecule has 4 rings (SSSR count). The first kappa shape index (κ1) is 22.3. The average molecular weight is 428 g/mol. The lowest BCUT2D eigenvalue weighted by atomic mass is 9.65. The van der Waals surface area contributed by atoms with Crippen molar-refractivity contribution in [3.8, 4) is 0 Å². The van der Waals surface area contributed by atoms with E-state index in [0.717, 1.165) is 33.5 Å². The summed E-state index contributed by atoms with van der Waals surface area (Å²) in [6, 6.07) is 18.6. The van der Waals surface area contributed by atoms with E-state index in [9.17, 15) is 4.79 Å². The Hall–Kier alpha value is -2.94. The van der Waals surface area contributed by atoms with E-state index in [1.807, 2.05) is 42.5 Å². The van der Waals surface area contributed by atoms with E-state index in [1.165, 1.54) is 0 Å². The third kappa shape index (κ3) is 3.74. The number of Topliss-reactive ketones (excluding diaryl/α,β-unsaturated/α-hetero) is 1. The van der Waals surface area contributed by atoms with Crippen molar-refractivity contribution in [2.24, 2.45) is 16.0 Å². The van der Waals surface area contributed by atoms with Crippen LogP contribution in [0.5, 0.6) is 0 Å². The topological polar surface area (TPSA) is 38.7 Å². The maximum absolute atomic E-state index is 13.6. The second-order valence-electron chi connectivity index (χ2n) is 11.0. The highest BCUT2D eigenvalue weighted by Gasteiger charge is 2.52. The minimum atomic E-state index is -0.849. The zero-order valence-corrected chi connectivity index (χ0v) is 20.2. The largest absolute Gasteiger partial charge is 0.379 e. The number of aryl methyl sites for hydroxylation is 1. The Morgan fingerprint density at radius 1 is 0.812 bits per heavy atom. The van der Waals surface area contributed by atoms with Crippen molar-refractivity contribution in [1.82, 2.24) is 0 Å². The number of rotatable bonds is 2. The smallest absolute Gasteiger partial charge is 0.187 e. The number of hydrogen-bond acceptors (Lipinski definition) is 3.